The summed E-state index contributed by atoms with van der Waals surface area (Å²) in [5.74, 6) is 2.02. The quantitative estimate of drug-likeness (QED) is 0.152. The third kappa shape index (κ3) is 5.63. The van der Waals surface area contributed by atoms with Crippen LogP contribution in [0.2, 0.25) is 0 Å². The lowest BCUT2D eigenvalue weighted by molar-refractivity contribution is -1.00. The van der Waals surface area contributed by atoms with Crippen molar-refractivity contribution in [2.75, 3.05) is 50.9 Å². The third-order valence-electron chi connectivity index (χ3n) is 13.7. The van der Waals surface area contributed by atoms with Crippen LogP contribution in [-0.4, -0.2) is 69.5 Å². The van der Waals surface area contributed by atoms with Gasteiger partial charge >= 0.3 is 0 Å². The molecule has 0 radical (unpaired) electrons. The van der Waals surface area contributed by atoms with Crippen molar-refractivity contribution in [1.29, 1.82) is 0 Å². The molecule has 3 aromatic carbocycles. The van der Waals surface area contributed by atoms with E-state index in [2.05, 4.69) is 78.2 Å². The van der Waals surface area contributed by atoms with Crippen LogP contribution in [0, 0.1) is 17.3 Å². The molecule has 6 nitrogen and oxygen atoms in total. The van der Waals surface area contributed by atoms with Gasteiger partial charge < -0.3 is 9.64 Å². The first-order valence-electron chi connectivity index (χ1n) is 19.1. The van der Waals surface area contributed by atoms with Crippen LogP contribution in [0.4, 0.5) is 5.69 Å². The summed E-state index contributed by atoms with van der Waals surface area (Å²) >= 11 is 0. The summed E-state index contributed by atoms with van der Waals surface area (Å²) in [4.78, 5) is 5.31. The van der Waals surface area contributed by atoms with E-state index in [0.29, 0.717) is 23.1 Å². The standard InChI is InChI=1S/C42H56N3O3S/c1-5-7-20-41-26-31(6-2)12-18-38(41)40(37-25-35(43(3)4)15-19-39(37)49(46,47)30-41)34-13-16-36(17-14-34)48-28-33-10-8-32(9-11-33)27-45-23-21-42(45)29-44(42)22-24-45/h8-11,13-17,19,25,31,38,40H,5-7,12,18,20-24,26-30H2,1-4H3/q+1/t31?,38-,40-,41?,42?,44?,45?/m1/s1. The zero-order valence-corrected chi connectivity index (χ0v) is 31.0. The number of sulfone groups is 1. The minimum Gasteiger partial charge on any atom is -0.489 e. The van der Waals surface area contributed by atoms with E-state index in [4.69, 9.17) is 4.74 Å². The van der Waals surface area contributed by atoms with Crippen LogP contribution in [0.25, 0.3) is 0 Å². The van der Waals surface area contributed by atoms with Gasteiger partial charge in [0, 0.05) is 31.3 Å². The molecule has 4 fully saturated rings. The summed E-state index contributed by atoms with van der Waals surface area (Å²) in [6.45, 7) is 11.4. The lowest BCUT2D eigenvalue weighted by Gasteiger charge is -2.49. The molecule has 3 saturated heterocycles. The molecule has 1 saturated carbocycles. The average Bonchev–Trinajstić information content (AvgIpc) is 3.83. The molecule has 1 spiro atoms. The Morgan fingerprint density at radius 2 is 1.73 bits per heavy atom. The summed E-state index contributed by atoms with van der Waals surface area (Å²) in [6, 6.07) is 23.8. The third-order valence-corrected chi connectivity index (χ3v) is 15.7. The van der Waals surface area contributed by atoms with Crippen LogP contribution in [0.3, 0.4) is 0 Å². The van der Waals surface area contributed by atoms with Crippen LogP contribution in [0.15, 0.2) is 71.6 Å². The maximum absolute atomic E-state index is 14.4. The highest BCUT2D eigenvalue weighted by Gasteiger charge is 2.77. The molecule has 5 aliphatic rings. The molecule has 7 heteroatoms. The van der Waals surface area contributed by atoms with Crippen molar-refractivity contribution >= 4 is 15.5 Å². The SMILES string of the molecule is CCCCC12CC(CC)CC[C@@H]1[C@H](c1ccc(OCc3ccc(C[N+]45CCN6CC64CC5)cc3)cc1)c1cc(N(C)C)ccc1S(=O)(=O)C2. The smallest absolute Gasteiger partial charge is 0.179 e. The molecular formula is C42H56N3O3S+. The maximum Gasteiger partial charge on any atom is 0.179 e. The summed E-state index contributed by atoms with van der Waals surface area (Å²) in [5.41, 5.74) is 6.15. The second kappa shape index (κ2) is 12.4. The van der Waals surface area contributed by atoms with Crippen LogP contribution in [0.1, 0.15) is 93.4 Å². The van der Waals surface area contributed by atoms with E-state index in [9.17, 15) is 8.42 Å². The topological polar surface area (TPSA) is 49.6 Å². The van der Waals surface area contributed by atoms with Gasteiger partial charge in [-0.25, -0.2) is 13.3 Å². The van der Waals surface area contributed by atoms with Gasteiger partial charge in [-0.15, -0.1) is 0 Å². The minimum atomic E-state index is -3.46. The van der Waals surface area contributed by atoms with E-state index in [1.165, 1.54) is 60.2 Å². The van der Waals surface area contributed by atoms with Crippen molar-refractivity contribution in [2.24, 2.45) is 17.3 Å². The molecule has 0 bridgehead atoms. The summed E-state index contributed by atoms with van der Waals surface area (Å²) in [7, 11) is 0.619. The molecule has 3 aromatic rings. The fraction of sp³-hybridized carbons (Fsp3) is 0.571. The van der Waals surface area contributed by atoms with Gasteiger partial charge in [-0.05, 0) is 83.5 Å². The van der Waals surface area contributed by atoms with Crippen molar-refractivity contribution < 1.29 is 17.6 Å². The Kier molecular flexibility index (Phi) is 8.43. The molecule has 4 aliphatic heterocycles. The van der Waals surface area contributed by atoms with Crippen LogP contribution < -0.4 is 9.64 Å². The van der Waals surface area contributed by atoms with E-state index in [1.807, 2.05) is 26.2 Å². The van der Waals surface area contributed by atoms with Crippen LogP contribution in [0.5, 0.6) is 5.75 Å². The number of rotatable bonds is 11. The van der Waals surface area contributed by atoms with Gasteiger partial charge in [0.2, 0.25) is 0 Å². The highest BCUT2D eigenvalue weighted by Crippen LogP contribution is 2.59. The molecule has 0 amide bonds. The molecule has 49 heavy (non-hydrogen) atoms. The Labute approximate surface area is 295 Å². The van der Waals surface area contributed by atoms with Gasteiger partial charge in [0.1, 0.15) is 18.9 Å². The second-order valence-electron chi connectivity index (χ2n) is 16.6. The lowest BCUT2D eigenvalue weighted by Crippen LogP contribution is -2.65. The van der Waals surface area contributed by atoms with Crippen LogP contribution >= 0.6 is 0 Å². The zero-order valence-electron chi connectivity index (χ0n) is 30.2. The van der Waals surface area contributed by atoms with Crippen molar-refractivity contribution in [2.45, 2.75) is 94.8 Å². The van der Waals surface area contributed by atoms with Crippen molar-refractivity contribution in [3.8, 4) is 5.75 Å². The average molecular weight is 683 g/mol. The molecule has 1 aliphatic carbocycles. The number of anilines is 1. The van der Waals surface area contributed by atoms with E-state index in [0.717, 1.165) is 62.1 Å². The van der Waals surface area contributed by atoms with Gasteiger partial charge in [0.15, 0.2) is 15.5 Å². The number of unbranched alkanes of at least 4 members (excludes halogenated alkanes) is 1. The number of fused-ring (bicyclic) bond motifs is 2. The normalized spacial score (nSPS) is 33.6. The van der Waals surface area contributed by atoms with E-state index in [1.54, 1.807) is 0 Å². The summed E-state index contributed by atoms with van der Waals surface area (Å²) < 4.78 is 36.4. The van der Waals surface area contributed by atoms with Gasteiger partial charge in [-0.1, -0.05) is 75.9 Å². The summed E-state index contributed by atoms with van der Waals surface area (Å²) in [6.07, 6.45) is 8.89. The molecule has 4 heterocycles. The molecule has 262 valence electrons. The van der Waals surface area contributed by atoms with Gasteiger partial charge in [0.25, 0.3) is 0 Å². The maximum atomic E-state index is 14.4. The number of nitrogens with zero attached hydrogens (tertiary/aromatic N) is 3. The lowest BCUT2D eigenvalue weighted by atomic mass is 9.56. The largest absolute Gasteiger partial charge is 0.489 e. The number of hydrogen-bond donors (Lipinski definition) is 0. The van der Waals surface area contributed by atoms with Gasteiger partial charge in [-0.3, -0.25) is 4.48 Å². The van der Waals surface area contributed by atoms with Crippen molar-refractivity contribution in [3.05, 3.63) is 89.0 Å². The molecule has 5 unspecified atom stereocenters. The zero-order chi connectivity index (χ0) is 34.0. The Bertz CT molecular complexity index is 1780. The summed E-state index contributed by atoms with van der Waals surface area (Å²) in [5, 5.41) is 0. The van der Waals surface area contributed by atoms with E-state index >= 15 is 0 Å². The fourth-order valence-corrected chi connectivity index (χ4v) is 13.0. The molecule has 0 aromatic heterocycles. The predicted molar refractivity (Wildman–Crippen MR) is 198 cm³/mol. The predicted octanol–water partition coefficient (Wildman–Crippen LogP) is 8.00. The van der Waals surface area contributed by atoms with Crippen LogP contribution in [-0.2, 0) is 23.0 Å². The highest BCUT2D eigenvalue weighted by molar-refractivity contribution is 7.91. The second-order valence-corrected chi connectivity index (χ2v) is 18.5. The minimum absolute atomic E-state index is 0.0266. The molecular weight excluding hydrogens is 627 g/mol. The van der Waals surface area contributed by atoms with Crippen molar-refractivity contribution in [1.82, 2.24) is 4.90 Å². The first kappa shape index (κ1) is 33.3. The van der Waals surface area contributed by atoms with E-state index in [-0.39, 0.29) is 23.0 Å². The van der Waals surface area contributed by atoms with Gasteiger partial charge in [-0.2, -0.15) is 0 Å². The number of piperazine rings is 1. The van der Waals surface area contributed by atoms with Crippen molar-refractivity contribution in [3.63, 3.8) is 0 Å². The number of hydrogen-bond acceptors (Lipinski definition) is 5. The molecule has 0 N–H and O–H groups in total. The Hall–Kier alpha value is -2.87. The Morgan fingerprint density at radius 1 is 0.959 bits per heavy atom. The highest BCUT2D eigenvalue weighted by atomic mass is 32.2. The monoisotopic (exact) mass is 682 g/mol. The Balaban J connectivity index is 1.05. The van der Waals surface area contributed by atoms with Gasteiger partial charge in [0.05, 0.1) is 43.2 Å². The molecule has 8 rings (SSSR count). The Morgan fingerprint density at radius 3 is 2.39 bits per heavy atom. The number of quaternary nitrogens is 1. The first-order valence-corrected chi connectivity index (χ1v) is 20.7. The molecule has 7 atom stereocenters. The number of benzene rings is 3. The van der Waals surface area contributed by atoms with E-state index < -0.39 is 9.84 Å². The first-order chi connectivity index (χ1) is 23.6. The fourth-order valence-electron chi connectivity index (χ4n) is 10.8. The number of ether oxygens (including phenoxy) is 1.